The number of carboxylic acids is 1. The van der Waals surface area contributed by atoms with Gasteiger partial charge < -0.3 is 15.0 Å². The van der Waals surface area contributed by atoms with Crippen molar-refractivity contribution in [1.82, 2.24) is 14.9 Å². The third-order valence-corrected chi connectivity index (χ3v) is 3.68. The van der Waals surface area contributed by atoms with Crippen molar-refractivity contribution in [3.63, 3.8) is 0 Å². The number of rotatable bonds is 5. The van der Waals surface area contributed by atoms with Crippen LogP contribution in [0, 0.1) is 11.8 Å². The number of aliphatic carboxylic acids is 1. The molecule has 1 amide bonds. The second-order valence-corrected chi connectivity index (χ2v) is 4.98. The van der Waals surface area contributed by atoms with Crippen molar-refractivity contribution >= 4 is 11.9 Å². The number of carboxylic acid groups (broad SMARTS) is 1. The summed E-state index contributed by atoms with van der Waals surface area (Å²) in [7, 11) is 0. The van der Waals surface area contributed by atoms with Gasteiger partial charge in [0.15, 0.2) is 0 Å². The highest BCUT2D eigenvalue weighted by atomic mass is 16.4. The number of aromatic nitrogens is 2. The van der Waals surface area contributed by atoms with Crippen LogP contribution in [-0.4, -0.2) is 33.1 Å². The molecular weight excluding hydrogens is 246 g/mol. The first kappa shape index (κ1) is 13.6. The second kappa shape index (κ2) is 6.36. The van der Waals surface area contributed by atoms with Crippen LogP contribution in [0.5, 0.6) is 0 Å². The zero-order valence-electron chi connectivity index (χ0n) is 10.8. The largest absolute Gasteiger partial charge is 0.481 e. The molecule has 0 radical (unpaired) electrons. The molecule has 6 nitrogen and oxygen atoms in total. The van der Waals surface area contributed by atoms with Crippen LogP contribution in [0.1, 0.15) is 25.7 Å². The Morgan fingerprint density at radius 3 is 2.53 bits per heavy atom. The normalized spacial score (nSPS) is 22.9. The number of nitrogens with one attached hydrogen (secondary N) is 1. The summed E-state index contributed by atoms with van der Waals surface area (Å²) in [6.45, 7) is 1.28. The van der Waals surface area contributed by atoms with E-state index in [1.807, 2.05) is 10.8 Å². The molecule has 1 fully saturated rings. The fourth-order valence-electron chi connectivity index (χ4n) is 2.47. The summed E-state index contributed by atoms with van der Waals surface area (Å²) in [5.74, 6) is -0.990. The lowest BCUT2D eigenvalue weighted by atomic mass is 9.81. The number of hydrogen-bond donors (Lipinski definition) is 2. The zero-order chi connectivity index (χ0) is 13.7. The number of amides is 1. The lowest BCUT2D eigenvalue weighted by molar-refractivity contribution is -0.144. The van der Waals surface area contributed by atoms with Gasteiger partial charge in [-0.25, -0.2) is 4.98 Å². The average Bonchev–Trinajstić information content (AvgIpc) is 2.92. The Kier molecular flexibility index (Phi) is 4.54. The minimum absolute atomic E-state index is 0.0293. The summed E-state index contributed by atoms with van der Waals surface area (Å²) >= 11 is 0. The van der Waals surface area contributed by atoms with Crippen molar-refractivity contribution in [2.24, 2.45) is 11.8 Å². The van der Waals surface area contributed by atoms with Crippen LogP contribution in [0.4, 0.5) is 0 Å². The Morgan fingerprint density at radius 2 is 1.95 bits per heavy atom. The minimum Gasteiger partial charge on any atom is -0.481 e. The van der Waals surface area contributed by atoms with Gasteiger partial charge >= 0.3 is 5.97 Å². The van der Waals surface area contributed by atoms with E-state index in [9.17, 15) is 9.59 Å². The van der Waals surface area contributed by atoms with Gasteiger partial charge in [-0.1, -0.05) is 0 Å². The Morgan fingerprint density at radius 1 is 1.26 bits per heavy atom. The molecule has 104 valence electrons. The van der Waals surface area contributed by atoms with Gasteiger partial charge in [-0.2, -0.15) is 0 Å². The first-order valence-electron chi connectivity index (χ1n) is 6.63. The van der Waals surface area contributed by atoms with Gasteiger partial charge in [0.05, 0.1) is 12.2 Å². The van der Waals surface area contributed by atoms with Crippen LogP contribution in [0.15, 0.2) is 18.7 Å². The van der Waals surface area contributed by atoms with Gasteiger partial charge in [-0.3, -0.25) is 9.59 Å². The van der Waals surface area contributed by atoms with Crippen LogP contribution in [0.3, 0.4) is 0 Å². The number of carbonyl (C=O) groups excluding carboxylic acids is 1. The molecular formula is C13H19N3O3. The second-order valence-electron chi connectivity index (χ2n) is 4.98. The van der Waals surface area contributed by atoms with E-state index in [1.165, 1.54) is 0 Å². The highest BCUT2D eigenvalue weighted by Crippen LogP contribution is 2.28. The molecule has 1 aliphatic carbocycles. The zero-order valence-corrected chi connectivity index (χ0v) is 10.8. The molecule has 19 heavy (non-hydrogen) atoms. The quantitative estimate of drug-likeness (QED) is 0.828. The molecule has 0 aliphatic heterocycles. The lowest BCUT2D eigenvalue weighted by Crippen LogP contribution is -2.35. The molecule has 2 rings (SSSR count). The third kappa shape index (κ3) is 3.81. The van der Waals surface area contributed by atoms with E-state index in [0.717, 1.165) is 0 Å². The Labute approximate surface area is 111 Å². The van der Waals surface area contributed by atoms with Gasteiger partial charge in [0.1, 0.15) is 0 Å². The van der Waals surface area contributed by atoms with E-state index >= 15 is 0 Å². The van der Waals surface area contributed by atoms with E-state index in [2.05, 4.69) is 10.3 Å². The molecule has 0 spiro atoms. The molecule has 0 bridgehead atoms. The fraction of sp³-hybridized carbons (Fsp3) is 0.615. The van der Waals surface area contributed by atoms with Crippen LogP contribution in [0.25, 0.3) is 0 Å². The molecule has 0 unspecified atom stereocenters. The molecule has 1 aromatic heterocycles. The summed E-state index contributed by atoms with van der Waals surface area (Å²) < 4.78 is 1.90. The summed E-state index contributed by atoms with van der Waals surface area (Å²) in [6.07, 6.45) is 7.83. The predicted octanol–water partition coefficient (Wildman–Crippen LogP) is 0.890. The molecule has 1 aromatic rings. The molecule has 0 saturated heterocycles. The van der Waals surface area contributed by atoms with Gasteiger partial charge in [-0.15, -0.1) is 0 Å². The van der Waals surface area contributed by atoms with E-state index in [1.54, 1.807) is 12.5 Å². The summed E-state index contributed by atoms with van der Waals surface area (Å²) in [5, 5.41) is 11.8. The van der Waals surface area contributed by atoms with Gasteiger partial charge in [-0.05, 0) is 25.7 Å². The molecule has 0 aromatic carbocycles. The number of imidazole rings is 1. The maximum absolute atomic E-state index is 11.9. The van der Waals surface area contributed by atoms with Crippen molar-refractivity contribution in [2.45, 2.75) is 32.2 Å². The van der Waals surface area contributed by atoms with Crippen LogP contribution in [0.2, 0.25) is 0 Å². The molecule has 1 saturated carbocycles. The predicted molar refractivity (Wildman–Crippen MR) is 68.3 cm³/mol. The van der Waals surface area contributed by atoms with E-state index in [0.29, 0.717) is 38.8 Å². The Bertz CT molecular complexity index is 422. The smallest absolute Gasteiger partial charge is 0.306 e. The molecule has 1 heterocycles. The van der Waals surface area contributed by atoms with Crippen molar-refractivity contribution < 1.29 is 14.7 Å². The average molecular weight is 265 g/mol. The SMILES string of the molecule is O=C(O)C1CCC(C(=O)NCCn2ccnc2)CC1. The van der Waals surface area contributed by atoms with Gasteiger partial charge in [0.2, 0.25) is 5.91 Å². The Balaban J connectivity index is 1.68. The summed E-state index contributed by atoms with van der Waals surface area (Å²) in [5.41, 5.74) is 0. The highest BCUT2D eigenvalue weighted by Gasteiger charge is 2.29. The van der Waals surface area contributed by atoms with E-state index in [-0.39, 0.29) is 17.7 Å². The van der Waals surface area contributed by atoms with E-state index in [4.69, 9.17) is 5.11 Å². The van der Waals surface area contributed by atoms with Crippen molar-refractivity contribution in [3.8, 4) is 0 Å². The first-order valence-corrected chi connectivity index (χ1v) is 6.63. The Hall–Kier alpha value is -1.85. The molecule has 0 atom stereocenters. The molecule has 2 N–H and O–H groups in total. The van der Waals surface area contributed by atoms with E-state index < -0.39 is 5.97 Å². The number of nitrogens with zero attached hydrogens (tertiary/aromatic N) is 2. The number of carbonyl (C=O) groups is 2. The first-order chi connectivity index (χ1) is 9.16. The van der Waals surface area contributed by atoms with Crippen molar-refractivity contribution in [3.05, 3.63) is 18.7 Å². The van der Waals surface area contributed by atoms with Gasteiger partial charge in [0, 0.05) is 31.4 Å². The third-order valence-electron chi connectivity index (χ3n) is 3.68. The summed E-state index contributed by atoms with van der Waals surface area (Å²) in [4.78, 5) is 26.7. The highest BCUT2D eigenvalue weighted by molar-refractivity contribution is 5.79. The minimum atomic E-state index is -0.737. The molecule has 6 heteroatoms. The van der Waals surface area contributed by atoms with Crippen molar-refractivity contribution in [1.29, 1.82) is 0 Å². The standard InChI is InChI=1S/C13H19N3O3/c17-12(15-6-8-16-7-5-14-9-16)10-1-3-11(4-2-10)13(18)19/h5,7,9-11H,1-4,6,8H2,(H,15,17)(H,18,19). The topological polar surface area (TPSA) is 84.2 Å². The van der Waals surface area contributed by atoms with Crippen LogP contribution in [-0.2, 0) is 16.1 Å². The molecule has 1 aliphatic rings. The monoisotopic (exact) mass is 265 g/mol. The maximum atomic E-state index is 11.9. The van der Waals surface area contributed by atoms with Crippen LogP contribution >= 0.6 is 0 Å². The number of hydrogen-bond acceptors (Lipinski definition) is 3. The maximum Gasteiger partial charge on any atom is 0.306 e. The lowest BCUT2D eigenvalue weighted by Gasteiger charge is -2.25. The summed E-state index contributed by atoms with van der Waals surface area (Å²) in [6, 6.07) is 0. The van der Waals surface area contributed by atoms with Crippen molar-refractivity contribution in [2.75, 3.05) is 6.54 Å². The van der Waals surface area contributed by atoms with Crippen LogP contribution < -0.4 is 5.32 Å². The van der Waals surface area contributed by atoms with Gasteiger partial charge in [0.25, 0.3) is 0 Å². The fourth-order valence-corrected chi connectivity index (χ4v) is 2.47.